The standard InChI is InChI=1S/C13H24N2O3/c1-12(2,3)13(4,5)10(16)18-9-8-15-7-6-14-11(15)17/h6-9H2,1-5H3,(H,14,17). The van der Waals surface area contributed by atoms with Crippen molar-refractivity contribution in [1.82, 2.24) is 10.2 Å². The highest BCUT2D eigenvalue weighted by Gasteiger charge is 2.41. The maximum Gasteiger partial charge on any atom is 0.317 e. The Morgan fingerprint density at radius 2 is 1.94 bits per heavy atom. The number of carbonyl (C=O) groups excluding carboxylic acids is 2. The van der Waals surface area contributed by atoms with E-state index in [0.717, 1.165) is 0 Å². The normalized spacial score (nSPS) is 16.7. The van der Waals surface area contributed by atoms with Crippen LogP contribution < -0.4 is 5.32 Å². The van der Waals surface area contributed by atoms with Gasteiger partial charge < -0.3 is 15.0 Å². The van der Waals surface area contributed by atoms with E-state index in [0.29, 0.717) is 19.6 Å². The number of urea groups is 1. The lowest BCUT2D eigenvalue weighted by Crippen LogP contribution is -2.40. The second-order valence-corrected chi connectivity index (χ2v) is 6.23. The molecule has 0 bridgehead atoms. The van der Waals surface area contributed by atoms with Crippen LogP contribution in [0.15, 0.2) is 0 Å². The third-order valence-electron chi connectivity index (χ3n) is 3.92. The lowest BCUT2D eigenvalue weighted by Gasteiger charge is -2.36. The number of rotatable bonds is 4. The van der Waals surface area contributed by atoms with Crippen LogP contribution in [-0.4, -0.2) is 43.1 Å². The number of esters is 1. The van der Waals surface area contributed by atoms with Crippen molar-refractivity contribution in [2.75, 3.05) is 26.2 Å². The first-order valence-corrected chi connectivity index (χ1v) is 6.36. The van der Waals surface area contributed by atoms with E-state index in [1.54, 1.807) is 4.90 Å². The first-order valence-electron chi connectivity index (χ1n) is 6.36. The first kappa shape index (κ1) is 14.8. The average Bonchev–Trinajstić information content (AvgIpc) is 2.62. The van der Waals surface area contributed by atoms with Gasteiger partial charge in [0, 0.05) is 13.1 Å². The zero-order valence-corrected chi connectivity index (χ0v) is 12.0. The van der Waals surface area contributed by atoms with E-state index in [1.165, 1.54) is 0 Å². The number of hydrogen-bond donors (Lipinski definition) is 1. The molecule has 0 aromatic heterocycles. The number of hydrogen-bond acceptors (Lipinski definition) is 3. The van der Waals surface area contributed by atoms with Gasteiger partial charge in [-0.25, -0.2) is 4.79 Å². The third-order valence-corrected chi connectivity index (χ3v) is 3.92. The summed E-state index contributed by atoms with van der Waals surface area (Å²) in [5.41, 5.74) is -0.699. The van der Waals surface area contributed by atoms with Crippen LogP contribution in [0.5, 0.6) is 0 Å². The van der Waals surface area contributed by atoms with Crippen LogP contribution in [0, 0.1) is 10.8 Å². The fourth-order valence-corrected chi connectivity index (χ4v) is 1.46. The van der Waals surface area contributed by atoms with Gasteiger partial charge in [-0.05, 0) is 19.3 Å². The van der Waals surface area contributed by atoms with Crippen molar-refractivity contribution >= 4 is 12.0 Å². The summed E-state index contributed by atoms with van der Waals surface area (Å²) in [6.07, 6.45) is 0. The molecule has 0 spiro atoms. The number of amides is 2. The molecule has 1 saturated heterocycles. The molecular weight excluding hydrogens is 232 g/mol. The maximum atomic E-state index is 12.0. The summed E-state index contributed by atoms with van der Waals surface area (Å²) in [7, 11) is 0. The van der Waals surface area contributed by atoms with Crippen LogP contribution in [0.1, 0.15) is 34.6 Å². The SMILES string of the molecule is CC(C)(C)C(C)(C)C(=O)OCCN1CCNC1=O. The molecule has 0 aromatic rings. The van der Waals surface area contributed by atoms with Crippen LogP contribution in [0.4, 0.5) is 4.79 Å². The predicted molar refractivity (Wildman–Crippen MR) is 69.2 cm³/mol. The second-order valence-electron chi connectivity index (χ2n) is 6.23. The molecule has 1 N–H and O–H groups in total. The van der Waals surface area contributed by atoms with E-state index in [-0.39, 0.29) is 24.0 Å². The van der Waals surface area contributed by atoms with E-state index in [1.807, 2.05) is 34.6 Å². The Morgan fingerprint density at radius 1 is 1.33 bits per heavy atom. The molecule has 1 heterocycles. The van der Waals surface area contributed by atoms with E-state index < -0.39 is 5.41 Å². The quantitative estimate of drug-likeness (QED) is 0.778. The summed E-state index contributed by atoms with van der Waals surface area (Å²) < 4.78 is 5.28. The van der Waals surface area contributed by atoms with Gasteiger partial charge in [0.15, 0.2) is 0 Å². The highest BCUT2D eigenvalue weighted by Crippen LogP contribution is 2.38. The molecule has 1 fully saturated rings. The minimum Gasteiger partial charge on any atom is -0.463 e. The van der Waals surface area contributed by atoms with Crippen molar-refractivity contribution < 1.29 is 14.3 Å². The van der Waals surface area contributed by atoms with Gasteiger partial charge >= 0.3 is 12.0 Å². The van der Waals surface area contributed by atoms with Crippen LogP contribution in [-0.2, 0) is 9.53 Å². The molecule has 18 heavy (non-hydrogen) atoms. The number of nitrogens with zero attached hydrogens (tertiary/aromatic N) is 1. The minimum absolute atomic E-state index is 0.0823. The van der Waals surface area contributed by atoms with Crippen LogP contribution in [0.25, 0.3) is 0 Å². The highest BCUT2D eigenvalue weighted by atomic mass is 16.5. The summed E-state index contributed by atoms with van der Waals surface area (Å²) in [4.78, 5) is 25.0. The number of nitrogens with one attached hydrogen (secondary N) is 1. The van der Waals surface area contributed by atoms with Crippen molar-refractivity contribution in [3.05, 3.63) is 0 Å². The Bertz CT molecular complexity index is 332. The lowest BCUT2D eigenvalue weighted by molar-refractivity contribution is -0.160. The van der Waals surface area contributed by atoms with Crippen LogP contribution in [0.2, 0.25) is 0 Å². The summed E-state index contributed by atoms with van der Waals surface area (Å²) >= 11 is 0. The topological polar surface area (TPSA) is 58.6 Å². The van der Waals surface area contributed by atoms with Gasteiger partial charge in [-0.15, -0.1) is 0 Å². The Balaban J connectivity index is 2.40. The molecule has 104 valence electrons. The van der Waals surface area contributed by atoms with Gasteiger partial charge in [-0.3, -0.25) is 4.79 Å². The molecule has 5 heteroatoms. The lowest BCUT2D eigenvalue weighted by atomic mass is 9.69. The Labute approximate surface area is 109 Å². The molecule has 0 aliphatic carbocycles. The summed E-state index contributed by atoms with van der Waals surface area (Å²) in [6, 6.07) is -0.0823. The van der Waals surface area contributed by atoms with Crippen LogP contribution in [0.3, 0.4) is 0 Å². The van der Waals surface area contributed by atoms with Crippen molar-refractivity contribution in [3.8, 4) is 0 Å². The van der Waals surface area contributed by atoms with Gasteiger partial charge in [0.05, 0.1) is 12.0 Å². The zero-order chi connectivity index (χ0) is 14.0. The summed E-state index contributed by atoms with van der Waals surface area (Å²) in [5.74, 6) is -0.213. The van der Waals surface area contributed by atoms with E-state index in [9.17, 15) is 9.59 Å². The monoisotopic (exact) mass is 256 g/mol. The molecule has 5 nitrogen and oxygen atoms in total. The van der Waals surface area contributed by atoms with Crippen molar-refractivity contribution in [2.45, 2.75) is 34.6 Å². The minimum atomic E-state index is -0.541. The second kappa shape index (κ2) is 5.16. The summed E-state index contributed by atoms with van der Waals surface area (Å²) in [6.45, 7) is 11.9. The largest absolute Gasteiger partial charge is 0.463 e. The zero-order valence-electron chi connectivity index (χ0n) is 12.0. The molecule has 1 rings (SSSR count). The van der Waals surface area contributed by atoms with Crippen molar-refractivity contribution in [3.63, 3.8) is 0 Å². The molecule has 2 amide bonds. The number of carbonyl (C=O) groups is 2. The van der Waals surface area contributed by atoms with E-state index in [4.69, 9.17) is 4.74 Å². The van der Waals surface area contributed by atoms with Gasteiger partial charge in [-0.1, -0.05) is 20.8 Å². The maximum absolute atomic E-state index is 12.0. The molecule has 0 unspecified atom stereocenters. The van der Waals surface area contributed by atoms with Crippen molar-refractivity contribution in [2.24, 2.45) is 10.8 Å². The van der Waals surface area contributed by atoms with Crippen molar-refractivity contribution in [1.29, 1.82) is 0 Å². The third kappa shape index (κ3) is 3.15. The molecule has 0 radical (unpaired) electrons. The first-order chi connectivity index (χ1) is 8.16. The Kier molecular flexibility index (Phi) is 4.24. The molecule has 1 aliphatic heterocycles. The van der Waals surface area contributed by atoms with E-state index in [2.05, 4.69) is 5.32 Å². The van der Waals surface area contributed by atoms with Gasteiger partial charge in [0.2, 0.25) is 0 Å². The molecule has 0 aromatic carbocycles. The molecule has 0 saturated carbocycles. The average molecular weight is 256 g/mol. The van der Waals surface area contributed by atoms with Gasteiger partial charge in [0.25, 0.3) is 0 Å². The smallest absolute Gasteiger partial charge is 0.317 e. The fourth-order valence-electron chi connectivity index (χ4n) is 1.46. The van der Waals surface area contributed by atoms with Gasteiger partial charge in [-0.2, -0.15) is 0 Å². The molecule has 0 atom stereocenters. The molecule has 1 aliphatic rings. The number of ether oxygens (including phenoxy) is 1. The van der Waals surface area contributed by atoms with E-state index >= 15 is 0 Å². The predicted octanol–water partition coefficient (Wildman–Crippen LogP) is 1.63. The van der Waals surface area contributed by atoms with Crippen LogP contribution >= 0.6 is 0 Å². The Hall–Kier alpha value is -1.26. The Morgan fingerprint density at radius 3 is 2.39 bits per heavy atom. The fraction of sp³-hybridized carbons (Fsp3) is 0.846. The van der Waals surface area contributed by atoms with Gasteiger partial charge in [0.1, 0.15) is 6.61 Å². The summed E-state index contributed by atoms with van der Waals surface area (Å²) in [5, 5.41) is 2.71. The highest BCUT2D eigenvalue weighted by molar-refractivity contribution is 5.77. The molecular formula is C13H24N2O3.